The SMILES string of the molecule is C=CC(C#N)(CC(=O)OCCCC)CC(=O)OCCCC. The second-order valence-electron chi connectivity index (χ2n) is 4.97. The zero-order valence-electron chi connectivity index (χ0n) is 13.0. The Morgan fingerprint density at radius 1 is 1.10 bits per heavy atom. The molecule has 0 amide bonds. The highest BCUT2D eigenvalue weighted by atomic mass is 16.5. The predicted octanol–water partition coefficient (Wildman–Crippen LogP) is 3.15. The van der Waals surface area contributed by atoms with Gasteiger partial charge in [0, 0.05) is 0 Å². The Morgan fingerprint density at radius 2 is 1.52 bits per heavy atom. The Morgan fingerprint density at radius 3 is 1.81 bits per heavy atom. The summed E-state index contributed by atoms with van der Waals surface area (Å²) in [4.78, 5) is 23.4. The molecule has 0 rings (SSSR count). The number of carbonyl (C=O) groups excluding carboxylic acids is 2. The molecular weight excluding hydrogens is 270 g/mol. The summed E-state index contributed by atoms with van der Waals surface area (Å²) in [7, 11) is 0. The maximum absolute atomic E-state index is 11.7. The minimum Gasteiger partial charge on any atom is -0.466 e. The van der Waals surface area contributed by atoms with Crippen LogP contribution in [0.15, 0.2) is 12.7 Å². The van der Waals surface area contributed by atoms with Crippen LogP contribution in [-0.4, -0.2) is 25.2 Å². The Kier molecular flexibility index (Phi) is 9.95. The van der Waals surface area contributed by atoms with E-state index < -0.39 is 17.4 Å². The number of allylic oxidation sites excluding steroid dienone is 1. The molecule has 0 N–H and O–H groups in total. The van der Waals surface area contributed by atoms with Crippen molar-refractivity contribution in [2.75, 3.05) is 13.2 Å². The monoisotopic (exact) mass is 295 g/mol. The molecule has 5 heteroatoms. The Bertz CT molecular complexity index is 360. The van der Waals surface area contributed by atoms with Gasteiger partial charge in [0.05, 0.1) is 37.5 Å². The molecule has 0 aromatic rings. The van der Waals surface area contributed by atoms with Crippen LogP contribution < -0.4 is 0 Å². The number of rotatable bonds is 11. The fourth-order valence-electron chi connectivity index (χ4n) is 1.61. The molecule has 0 aliphatic heterocycles. The largest absolute Gasteiger partial charge is 0.466 e. The Hall–Kier alpha value is -1.83. The number of nitrogens with zero attached hydrogens (tertiary/aromatic N) is 1. The number of unbranched alkanes of at least 4 members (excludes halogenated alkanes) is 2. The van der Waals surface area contributed by atoms with Gasteiger partial charge >= 0.3 is 11.9 Å². The summed E-state index contributed by atoms with van der Waals surface area (Å²) < 4.78 is 10.1. The molecule has 0 heterocycles. The molecule has 5 nitrogen and oxygen atoms in total. The molecule has 0 aliphatic carbocycles. The third-order valence-electron chi connectivity index (χ3n) is 3.05. The van der Waals surface area contributed by atoms with Crippen LogP contribution in [0.25, 0.3) is 0 Å². The lowest BCUT2D eigenvalue weighted by Crippen LogP contribution is -2.26. The Balaban J connectivity index is 4.48. The lowest BCUT2D eigenvalue weighted by atomic mass is 9.83. The third-order valence-corrected chi connectivity index (χ3v) is 3.05. The summed E-state index contributed by atoms with van der Waals surface area (Å²) >= 11 is 0. The van der Waals surface area contributed by atoms with Gasteiger partial charge in [-0.15, -0.1) is 6.58 Å². The van der Waals surface area contributed by atoms with Gasteiger partial charge in [-0.2, -0.15) is 5.26 Å². The van der Waals surface area contributed by atoms with Crippen LogP contribution in [0.2, 0.25) is 0 Å². The molecule has 0 saturated heterocycles. The van der Waals surface area contributed by atoms with Crippen LogP contribution in [0, 0.1) is 16.7 Å². The van der Waals surface area contributed by atoms with Gasteiger partial charge in [-0.1, -0.05) is 32.8 Å². The normalized spacial score (nSPS) is 10.5. The summed E-state index contributed by atoms with van der Waals surface area (Å²) in [5.74, 6) is -0.988. The van der Waals surface area contributed by atoms with Crippen molar-refractivity contribution in [1.29, 1.82) is 5.26 Å². The van der Waals surface area contributed by atoms with Gasteiger partial charge in [-0.05, 0) is 12.8 Å². The van der Waals surface area contributed by atoms with Gasteiger partial charge in [0.2, 0.25) is 0 Å². The second kappa shape index (κ2) is 10.9. The maximum Gasteiger partial charge on any atom is 0.307 e. The van der Waals surface area contributed by atoms with Crippen molar-refractivity contribution in [2.45, 2.75) is 52.4 Å². The van der Waals surface area contributed by atoms with E-state index in [1.54, 1.807) is 0 Å². The van der Waals surface area contributed by atoms with Crippen LogP contribution in [0.5, 0.6) is 0 Å². The number of hydrogen-bond donors (Lipinski definition) is 0. The third kappa shape index (κ3) is 8.13. The molecule has 118 valence electrons. The first-order chi connectivity index (χ1) is 10.0. The summed E-state index contributed by atoms with van der Waals surface area (Å²) in [6, 6.07) is 1.99. The zero-order valence-corrected chi connectivity index (χ0v) is 13.0. The number of hydrogen-bond acceptors (Lipinski definition) is 5. The molecule has 0 bridgehead atoms. The van der Waals surface area contributed by atoms with Gasteiger partial charge in [0.1, 0.15) is 0 Å². The van der Waals surface area contributed by atoms with E-state index in [0.29, 0.717) is 13.2 Å². The van der Waals surface area contributed by atoms with Crippen molar-refractivity contribution in [1.82, 2.24) is 0 Å². The molecular formula is C16H25NO4. The standard InChI is InChI=1S/C16H25NO4/c1-4-7-9-20-14(18)11-16(6-3,13-17)12-15(19)21-10-8-5-2/h6H,3-5,7-12H2,1-2H3. The fourth-order valence-corrected chi connectivity index (χ4v) is 1.61. The molecule has 0 unspecified atom stereocenters. The first kappa shape index (κ1) is 19.2. The molecule has 0 fully saturated rings. The van der Waals surface area contributed by atoms with Gasteiger partial charge in [0.15, 0.2) is 0 Å². The molecule has 0 aromatic carbocycles. The number of carbonyl (C=O) groups is 2. The summed E-state index contributed by atoms with van der Waals surface area (Å²) in [6.45, 7) is 8.20. The summed E-state index contributed by atoms with van der Waals surface area (Å²) in [5, 5.41) is 9.28. The highest BCUT2D eigenvalue weighted by molar-refractivity contribution is 5.76. The van der Waals surface area contributed by atoms with Gasteiger partial charge in [0.25, 0.3) is 0 Å². The smallest absolute Gasteiger partial charge is 0.307 e. The summed E-state index contributed by atoms with van der Waals surface area (Å²) in [5.41, 5.74) is -1.26. The van der Waals surface area contributed by atoms with E-state index in [1.807, 2.05) is 19.9 Å². The van der Waals surface area contributed by atoms with E-state index in [4.69, 9.17) is 9.47 Å². The van der Waals surface area contributed by atoms with E-state index in [2.05, 4.69) is 6.58 Å². The van der Waals surface area contributed by atoms with Crippen LogP contribution in [0.4, 0.5) is 0 Å². The van der Waals surface area contributed by atoms with Gasteiger partial charge in [-0.3, -0.25) is 9.59 Å². The van der Waals surface area contributed by atoms with Gasteiger partial charge < -0.3 is 9.47 Å². The highest BCUT2D eigenvalue weighted by Gasteiger charge is 2.34. The average Bonchev–Trinajstić information content (AvgIpc) is 2.47. The number of esters is 2. The number of nitriles is 1. The van der Waals surface area contributed by atoms with E-state index in [9.17, 15) is 14.9 Å². The Labute approximate surface area is 126 Å². The lowest BCUT2D eigenvalue weighted by molar-refractivity contribution is -0.148. The molecule has 0 aromatic heterocycles. The lowest BCUT2D eigenvalue weighted by Gasteiger charge is -2.20. The van der Waals surface area contributed by atoms with Crippen molar-refractivity contribution in [3.63, 3.8) is 0 Å². The van der Waals surface area contributed by atoms with Crippen molar-refractivity contribution in [2.24, 2.45) is 5.41 Å². The highest BCUT2D eigenvalue weighted by Crippen LogP contribution is 2.28. The molecule has 0 radical (unpaired) electrons. The van der Waals surface area contributed by atoms with E-state index in [0.717, 1.165) is 25.7 Å². The minimum absolute atomic E-state index is 0.181. The van der Waals surface area contributed by atoms with Crippen LogP contribution in [-0.2, 0) is 19.1 Å². The van der Waals surface area contributed by atoms with E-state index in [1.165, 1.54) is 6.08 Å². The first-order valence-electron chi connectivity index (χ1n) is 7.39. The molecule has 0 atom stereocenters. The second-order valence-corrected chi connectivity index (χ2v) is 4.97. The van der Waals surface area contributed by atoms with Crippen molar-refractivity contribution in [3.8, 4) is 6.07 Å². The molecule has 0 spiro atoms. The van der Waals surface area contributed by atoms with Crippen LogP contribution in [0.3, 0.4) is 0 Å². The van der Waals surface area contributed by atoms with Crippen LogP contribution >= 0.6 is 0 Å². The minimum atomic E-state index is -1.26. The van der Waals surface area contributed by atoms with Gasteiger partial charge in [-0.25, -0.2) is 0 Å². The summed E-state index contributed by atoms with van der Waals surface area (Å²) in [6.07, 6.45) is 4.36. The van der Waals surface area contributed by atoms with E-state index in [-0.39, 0.29) is 12.8 Å². The molecule has 0 saturated carbocycles. The topological polar surface area (TPSA) is 76.4 Å². The van der Waals surface area contributed by atoms with Crippen LogP contribution in [0.1, 0.15) is 52.4 Å². The fraction of sp³-hybridized carbons (Fsp3) is 0.688. The van der Waals surface area contributed by atoms with E-state index >= 15 is 0 Å². The van der Waals surface area contributed by atoms with Crippen molar-refractivity contribution in [3.05, 3.63) is 12.7 Å². The maximum atomic E-state index is 11.7. The molecule has 21 heavy (non-hydrogen) atoms. The van der Waals surface area contributed by atoms with Crippen molar-refractivity contribution >= 4 is 11.9 Å². The first-order valence-corrected chi connectivity index (χ1v) is 7.39. The average molecular weight is 295 g/mol. The number of ether oxygens (including phenoxy) is 2. The molecule has 0 aliphatic rings. The van der Waals surface area contributed by atoms with Crippen molar-refractivity contribution < 1.29 is 19.1 Å². The quantitative estimate of drug-likeness (QED) is 0.332. The predicted molar refractivity (Wildman–Crippen MR) is 79.2 cm³/mol. The zero-order chi connectivity index (χ0) is 16.1.